The molecule has 0 heterocycles. The predicted octanol–water partition coefficient (Wildman–Crippen LogP) is 5.33. The van der Waals surface area contributed by atoms with E-state index in [4.69, 9.17) is 16.3 Å². The third-order valence-electron chi connectivity index (χ3n) is 2.54. The van der Waals surface area contributed by atoms with Gasteiger partial charge in [-0.05, 0) is 30.3 Å². The predicted molar refractivity (Wildman–Crippen MR) is 88.8 cm³/mol. The fourth-order valence-electron chi connectivity index (χ4n) is 1.58. The maximum atomic E-state index is 9.89. The molecule has 2 aromatic carbocycles. The van der Waals surface area contributed by atoms with E-state index in [1.165, 1.54) is 6.21 Å². The van der Waals surface area contributed by atoms with E-state index < -0.39 is 0 Å². The molecule has 0 unspecified atom stereocenters. The maximum absolute atomic E-state index is 9.89. The van der Waals surface area contributed by atoms with Crippen molar-refractivity contribution in [2.75, 3.05) is 7.11 Å². The van der Waals surface area contributed by atoms with Gasteiger partial charge in [0.1, 0.15) is 17.2 Å². The Labute approximate surface area is 138 Å². The fraction of sp³-hybridized carbons (Fsp3) is 0.0714. The zero-order valence-electron chi connectivity index (χ0n) is 10.4. The summed E-state index contributed by atoms with van der Waals surface area (Å²) in [6.07, 6.45) is 1.54. The molecule has 2 rings (SSSR count). The van der Waals surface area contributed by atoms with Gasteiger partial charge in [-0.25, -0.2) is 0 Å². The van der Waals surface area contributed by atoms with Gasteiger partial charge in [0.15, 0.2) is 0 Å². The van der Waals surface area contributed by atoms with Crippen LogP contribution in [0.4, 0.5) is 5.69 Å². The van der Waals surface area contributed by atoms with E-state index in [0.717, 1.165) is 8.95 Å². The molecule has 104 valence electrons. The second kappa shape index (κ2) is 6.61. The van der Waals surface area contributed by atoms with Crippen LogP contribution < -0.4 is 4.74 Å². The van der Waals surface area contributed by atoms with Crippen molar-refractivity contribution >= 4 is 55.4 Å². The molecule has 3 nitrogen and oxygen atoms in total. The van der Waals surface area contributed by atoms with E-state index in [1.807, 2.05) is 18.2 Å². The minimum atomic E-state index is -0.00491. The number of aliphatic imine (C=N–C) groups is 1. The Morgan fingerprint density at radius 3 is 2.65 bits per heavy atom. The summed E-state index contributed by atoms with van der Waals surface area (Å²) in [5.41, 5.74) is 1.18. The monoisotopic (exact) mass is 417 g/mol. The van der Waals surface area contributed by atoms with Crippen LogP contribution >= 0.6 is 43.5 Å². The molecule has 0 amide bonds. The molecule has 0 saturated heterocycles. The third kappa shape index (κ3) is 3.53. The number of rotatable bonds is 3. The first-order valence-corrected chi connectivity index (χ1v) is 7.53. The quantitative estimate of drug-likeness (QED) is 0.684. The lowest BCUT2D eigenvalue weighted by atomic mass is 10.2. The van der Waals surface area contributed by atoms with E-state index >= 15 is 0 Å². The summed E-state index contributed by atoms with van der Waals surface area (Å²) >= 11 is 12.6. The van der Waals surface area contributed by atoms with Crippen molar-refractivity contribution in [1.29, 1.82) is 0 Å². The number of halogens is 3. The molecule has 0 aliphatic rings. The number of benzene rings is 2. The van der Waals surface area contributed by atoms with Crippen LogP contribution in [0, 0.1) is 0 Å². The van der Waals surface area contributed by atoms with Gasteiger partial charge in [-0.3, -0.25) is 4.99 Å². The highest BCUT2D eigenvalue weighted by atomic mass is 79.9. The van der Waals surface area contributed by atoms with Gasteiger partial charge in [0.05, 0.1) is 12.1 Å². The van der Waals surface area contributed by atoms with Crippen molar-refractivity contribution in [1.82, 2.24) is 0 Å². The van der Waals surface area contributed by atoms with Gasteiger partial charge < -0.3 is 9.84 Å². The van der Waals surface area contributed by atoms with E-state index in [2.05, 4.69) is 36.9 Å². The summed E-state index contributed by atoms with van der Waals surface area (Å²) in [6, 6.07) is 8.85. The molecular formula is C14H10Br2ClNO2. The maximum Gasteiger partial charge on any atom is 0.145 e. The van der Waals surface area contributed by atoms with Crippen LogP contribution in [0.3, 0.4) is 0 Å². The standard InChI is InChI=1S/C14H10Br2ClNO2/c1-20-13-6-9(15)2-3-12(13)18-7-8-4-10(16)5-11(17)14(8)19/h2-7,19H,1H3. The van der Waals surface area contributed by atoms with Gasteiger partial charge in [-0.15, -0.1) is 0 Å². The molecule has 0 saturated carbocycles. The molecule has 0 radical (unpaired) electrons. The zero-order valence-corrected chi connectivity index (χ0v) is 14.3. The first kappa shape index (κ1) is 15.4. The normalized spacial score (nSPS) is 11.0. The molecule has 2 aromatic rings. The Morgan fingerprint density at radius 2 is 1.95 bits per heavy atom. The van der Waals surface area contributed by atoms with E-state index in [-0.39, 0.29) is 10.8 Å². The van der Waals surface area contributed by atoms with Crippen molar-refractivity contribution in [2.45, 2.75) is 0 Å². The second-order valence-electron chi connectivity index (χ2n) is 3.90. The smallest absolute Gasteiger partial charge is 0.145 e. The number of phenolic OH excluding ortho intramolecular Hbond substituents is 1. The highest BCUT2D eigenvalue weighted by molar-refractivity contribution is 9.10. The Balaban J connectivity index is 2.39. The molecule has 0 aliphatic heterocycles. The summed E-state index contributed by atoms with van der Waals surface area (Å²) in [5, 5.41) is 10.2. The minimum absolute atomic E-state index is 0.00491. The molecule has 20 heavy (non-hydrogen) atoms. The Bertz CT molecular complexity index is 674. The summed E-state index contributed by atoms with van der Waals surface area (Å²) in [4.78, 5) is 4.32. The second-order valence-corrected chi connectivity index (χ2v) is 6.14. The molecule has 0 spiro atoms. The van der Waals surface area contributed by atoms with Crippen LogP contribution in [0.15, 0.2) is 44.3 Å². The van der Waals surface area contributed by atoms with Crippen LogP contribution in [0.2, 0.25) is 5.02 Å². The van der Waals surface area contributed by atoms with Crippen LogP contribution in [0.1, 0.15) is 5.56 Å². The minimum Gasteiger partial charge on any atom is -0.506 e. The summed E-state index contributed by atoms with van der Waals surface area (Å²) < 4.78 is 6.92. The first-order chi connectivity index (χ1) is 9.51. The third-order valence-corrected chi connectivity index (χ3v) is 3.78. The number of nitrogens with zero attached hydrogens (tertiary/aromatic N) is 1. The summed E-state index contributed by atoms with van der Waals surface area (Å²) in [6.45, 7) is 0. The molecule has 0 bridgehead atoms. The molecule has 0 aliphatic carbocycles. The Morgan fingerprint density at radius 1 is 1.20 bits per heavy atom. The van der Waals surface area contributed by atoms with Gasteiger partial charge in [0.2, 0.25) is 0 Å². The van der Waals surface area contributed by atoms with Crippen molar-refractivity contribution in [3.63, 3.8) is 0 Å². The number of hydrogen-bond acceptors (Lipinski definition) is 3. The van der Waals surface area contributed by atoms with Crippen LogP contribution in [-0.2, 0) is 0 Å². The van der Waals surface area contributed by atoms with Gasteiger partial charge in [0.25, 0.3) is 0 Å². The SMILES string of the molecule is COc1cc(Br)ccc1N=Cc1cc(Br)cc(Cl)c1O. The van der Waals surface area contributed by atoms with Gasteiger partial charge in [-0.2, -0.15) is 0 Å². The number of methoxy groups -OCH3 is 1. The van der Waals surface area contributed by atoms with Crippen molar-refractivity contribution in [3.05, 3.63) is 49.9 Å². The summed E-state index contributed by atoms with van der Waals surface area (Å²) in [5.74, 6) is 0.630. The van der Waals surface area contributed by atoms with E-state index in [0.29, 0.717) is 17.0 Å². The lowest BCUT2D eigenvalue weighted by molar-refractivity contribution is 0.416. The molecule has 0 fully saturated rings. The van der Waals surface area contributed by atoms with E-state index in [9.17, 15) is 5.11 Å². The Kier molecular flexibility index (Phi) is 5.07. The zero-order chi connectivity index (χ0) is 14.7. The molecule has 0 atom stereocenters. The van der Waals surface area contributed by atoms with E-state index in [1.54, 1.807) is 19.2 Å². The number of hydrogen-bond donors (Lipinski definition) is 1. The largest absolute Gasteiger partial charge is 0.506 e. The average molecular weight is 420 g/mol. The Hall–Kier alpha value is -1.04. The number of phenols is 1. The highest BCUT2D eigenvalue weighted by Gasteiger charge is 2.07. The average Bonchev–Trinajstić information content (AvgIpc) is 2.42. The van der Waals surface area contributed by atoms with Gasteiger partial charge in [0, 0.05) is 20.7 Å². The lowest BCUT2D eigenvalue weighted by Gasteiger charge is -2.05. The van der Waals surface area contributed by atoms with Crippen molar-refractivity contribution in [3.8, 4) is 11.5 Å². The van der Waals surface area contributed by atoms with Crippen molar-refractivity contribution in [2.24, 2.45) is 4.99 Å². The highest BCUT2D eigenvalue weighted by Crippen LogP contribution is 2.33. The van der Waals surface area contributed by atoms with Crippen LogP contribution in [-0.4, -0.2) is 18.4 Å². The molecule has 6 heteroatoms. The van der Waals surface area contributed by atoms with Crippen LogP contribution in [0.25, 0.3) is 0 Å². The van der Waals surface area contributed by atoms with Gasteiger partial charge >= 0.3 is 0 Å². The van der Waals surface area contributed by atoms with Crippen LogP contribution in [0.5, 0.6) is 11.5 Å². The van der Waals surface area contributed by atoms with Gasteiger partial charge in [-0.1, -0.05) is 43.5 Å². The summed E-state index contributed by atoms with van der Waals surface area (Å²) in [7, 11) is 1.58. The fourth-order valence-corrected chi connectivity index (χ4v) is 2.76. The molecule has 0 aromatic heterocycles. The lowest BCUT2D eigenvalue weighted by Crippen LogP contribution is -1.86. The number of aromatic hydroxyl groups is 1. The first-order valence-electron chi connectivity index (χ1n) is 5.57. The number of ether oxygens (including phenoxy) is 1. The molecular weight excluding hydrogens is 409 g/mol. The molecule has 1 N–H and O–H groups in total. The van der Waals surface area contributed by atoms with Crippen molar-refractivity contribution < 1.29 is 9.84 Å². The topological polar surface area (TPSA) is 41.8 Å².